The van der Waals surface area contributed by atoms with Gasteiger partial charge in [0, 0.05) is 0 Å². The van der Waals surface area contributed by atoms with E-state index < -0.39 is 6.16 Å². The van der Waals surface area contributed by atoms with Gasteiger partial charge in [-0.25, -0.2) is 4.79 Å². The Bertz CT molecular complexity index is 535. The lowest BCUT2D eigenvalue weighted by atomic mass is 9.67. The van der Waals surface area contributed by atoms with Crippen molar-refractivity contribution >= 4 is 6.16 Å². The maximum absolute atomic E-state index is 12.6. The zero-order valence-electron chi connectivity index (χ0n) is 22.3. The molecule has 0 radical (unpaired) electrons. The predicted molar refractivity (Wildman–Crippen MR) is 137 cm³/mol. The van der Waals surface area contributed by atoms with Crippen molar-refractivity contribution in [2.24, 2.45) is 29.6 Å². The molecule has 3 heteroatoms. The molecule has 3 saturated carbocycles. The van der Waals surface area contributed by atoms with Crippen LogP contribution in [0.25, 0.3) is 0 Å². The van der Waals surface area contributed by atoms with Crippen LogP contribution in [0, 0.1) is 29.6 Å². The minimum atomic E-state index is -0.400. The van der Waals surface area contributed by atoms with Crippen LogP contribution in [0.15, 0.2) is 0 Å². The fourth-order valence-corrected chi connectivity index (χ4v) is 7.20. The molecule has 33 heavy (non-hydrogen) atoms. The summed E-state index contributed by atoms with van der Waals surface area (Å²) in [7, 11) is 0. The summed E-state index contributed by atoms with van der Waals surface area (Å²) in [5.74, 6) is 4.47. The Morgan fingerprint density at radius 1 is 0.758 bits per heavy atom. The van der Waals surface area contributed by atoms with Crippen molar-refractivity contribution < 1.29 is 14.3 Å². The first-order chi connectivity index (χ1) is 16.0. The number of unbranched alkanes of at least 4 members (excludes halogenated alkanes) is 2. The van der Waals surface area contributed by atoms with Crippen LogP contribution in [0.1, 0.15) is 143 Å². The fourth-order valence-electron chi connectivity index (χ4n) is 7.20. The van der Waals surface area contributed by atoms with Crippen LogP contribution >= 0.6 is 0 Å². The van der Waals surface area contributed by atoms with Gasteiger partial charge in [-0.15, -0.1) is 0 Å². The average Bonchev–Trinajstić information content (AvgIpc) is 2.83. The van der Waals surface area contributed by atoms with Crippen LogP contribution in [-0.4, -0.2) is 18.4 Å². The van der Waals surface area contributed by atoms with E-state index in [1.54, 1.807) is 0 Å². The van der Waals surface area contributed by atoms with E-state index >= 15 is 0 Å². The Morgan fingerprint density at radius 2 is 1.36 bits per heavy atom. The van der Waals surface area contributed by atoms with E-state index in [1.165, 1.54) is 83.5 Å². The Labute approximate surface area is 205 Å². The molecule has 0 aliphatic heterocycles. The van der Waals surface area contributed by atoms with Gasteiger partial charge in [-0.2, -0.15) is 0 Å². The normalized spacial score (nSPS) is 35.2. The van der Waals surface area contributed by atoms with Gasteiger partial charge in [-0.1, -0.05) is 85.0 Å². The summed E-state index contributed by atoms with van der Waals surface area (Å²) in [6.45, 7) is 7.41. The second kappa shape index (κ2) is 14.0. The van der Waals surface area contributed by atoms with Crippen molar-refractivity contribution in [2.45, 2.75) is 148 Å². The Morgan fingerprint density at radius 3 is 1.97 bits per heavy atom. The lowest BCUT2D eigenvalue weighted by Crippen LogP contribution is -2.41. The summed E-state index contributed by atoms with van der Waals surface area (Å²) in [4.78, 5) is 12.6. The number of hydrogen-bond acceptors (Lipinski definition) is 3. The zero-order chi connectivity index (χ0) is 23.5. The van der Waals surface area contributed by atoms with Gasteiger partial charge in [0.15, 0.2) is 0 Å². The first-order valence-electron chi connectivity index (χ1n) is 14.9. The highest BCUT2D eigenvalue weighted by atomic mass is 16.7. The van der Waals surface area contributed by atoms with Gasteiger partial charge in [0.2, 0.25) is 0 Å². The van der Waals surface area contributed by atoms with E-state index in [0.717, 1.165) is 68.1 Å². The van der Waals surface area contributed by atoms with Crippen LogP contribution in [0.3, 0.4) is 0 Å². The Balaban J connectivity index is 1.51. The summed E-state index contributed by atoms with van der Waals surface area (Å²) >= 11 is 0. The summed E-state index contributed by atoms with van der Waals surface area (Å²) in [6.07, 6.45) is 23.6. The lowest BCUT2D eigenvalue weighted by Gasteiger charge is -2.43. The van der Waals surface area contributed by atoms with Crippen molar-refractivity contribution in [3.8, 4) is 0 Å². The molecule has 0 amide bonds. The van der Waals surface area contributed by atoms with Crippen molar-refractivity contribution in [2.75, 3.05) is 6.61 Å². The topological polar surface area (TPSA) is 35.5 Å². The maximum Gasteiger partial charge on any atom is 0.508 e. The summed E-state index contributed by atoms with van der Waals surface area (Å²) < 4.78 is 11.7. The molecule has 0 heterocycles. The molecule has 0 saturated heterocycles. The van der Waals surface area contributed by atoms with Gasteiger partial charge in [0.05, 0.1) is 6.61 Å². The smallest absolute Gasteiger partial charge is 0.434 e. The van der Waals surface area contributed by atoms with Gasteiger partial charge in [-0.05, 0) is 87.4 Å². The molecule has 0 aromatic rings. The molecule has 0 unspecified atom stereocenters. The van der Waals surface area contributed by atoms with Crippen LogP contribution in [0.2, 0.25) is 0 Å². The van der Waals surface area contributed by atoms with Gasteiger partial charge in [-0.3, -0.25) is 0 Å². The van der Waals surface area contributed by atoms with Gasteiger partial charge < -0.3 is 9.47 Å². The average molecular weight is 463 g/mol. The van der Waals surface area contributed by atoms with Crippen LogP contribution in [0.4, 0.5) is 4.79 Å². The van der Waals surface area contributed by atoms with E-state index in [-0.39, 0.29) is 5.60 Å². The largest absolute Gasteiger partial charge is 0.508 e. The number of ether oxygens (including phenoxy) is 2. The molecule has 0 bridgehead atoms. The molecule has 0 spiro atoms. The van der Waals surface area contributed by atoms with Gasteiger partial charge >= 0.3 is 6.16 Å². The third kappa shape index (κ3) is 8.77. The lowest BCUT2D eigenvalue weighted by molar-refractivity contribution is -0.0750. The molecule has 192 valence electrons. The minimum absolute atomic E-state index is 0.263. The molecule has 0 aromatic heterocycles. The monoisotopic (exact) mass is 462 g/mol. The standard InChI is InChI=1S/C30H54O3/c1-4-6-7-23-32-29(31)33-30(20-17-26-13-11-25(8-5-2)12-14-26)21-18-28(19-22-30)27-15-9-24(3)10-16-27/h24-28H,4-23H2,1-3H3. The molecule has 3 fully saturated rings. The molecule has 3 aliphatic rings. The predicted octanol–water partition coefficient (Wildman–Crippen LogP) is 9.47. The molecule has 3 aliphatic carbocycles. The van der Waals surface area contributed by atoms with E-state index in [2.05, 4.69) is 20.8 Å². The molecule has 0 aromatic carbocycles. The van der Waals surface area contributed by atoms with Crippen molar-refractivity contribution in [1.29, 1.82) is 0 Å². The van der Waals surface area contributed by atoms with Crippen molar-refractivity contribution in [1.82, 2.24) is 0 Å². The van der Waals surface area contributed by atoms with E-state index in [1.807, 2.05) is 0 Å². The first-order valence-corrected chi connectivity index (χ1v) is 14.9. The zero-order valence-corrected chi connectivity index (χ0v) is 22.3. The maximum atomic E-state index is 12.6. The molecule has 0 atom stereocenters. The van der Waals surface area contributed by atoms with Gasteiger partial charge in [0.1, 0.15) is 5.60 Å². The second-order valence-electron chi connectivity index (χ2n) is 12.2. The second-order valence-corrected chi connectivity index (χ2v) is 12.2. The Hall–Kier alpha value is -0.730. The molecular weight excluding hydrogens is 408 g/mol. The molecule has 0 N–H and O–H groups in total. The number of carbonyl (C=O) groups excluding carboxylic acids is 1. The highest BCUT2D eigenvalue weighted by molar-refractivity contribution is 5.60. The van der Waals surface area contributed by atoms with Crippen LogP contribution in [0.5, 0.6) is 0 Å². The number of carbonyl (C=O) groups is 1. The SMILES string of the molecule is CCCCCOC(=O)OC1(CCC2CCC(CCC)CC2)CCC(C2CCC(C)CC2)CC1. The molecule has 3 nitrogen and oxygen atoms in total. The molecular formula is C30H54O3. The third-order valence-corrected chi connectivity index (χ3v) is 9.61. The number of hydrogen-bond donors (Lipinski definition) is 0. The highest BCUT2D eigenvalue weighted by Gasteiger charge is 2.41. The minimum Gasteiger partial charge on any atom is -0.434 e. The van der Waals surface area contributed by atoms with Crippen LogP contribution in [-0.2, 0) is 9.47 Å². The van der Waals surface area contributed by atoms with Crippen LogP contribution < -0.4 is 0 Å². The summed E-state index contributed by atoms with van der Waals surface area (Å²) in [5, 5.41) is 0. The van der Waals surface area contributed by atoms with Gasteiger partial charge in [0.25, 0.3) is 0 Å². The third-order valence-electron chi connectivity index (χ3n) is 9.61. The quantitative estimate of drug-likeness (QED) is 0.226. The Kier molecular flexibility index (Phi) is 11.4. The fraction of sp³-hybridized carbons (Fsp3) is 0.967. The highest BCUT2D eigenvalue weighted by Crippen LogP contribution is 2.46. The first kappa shape index (κ1) is 26.9. The van der Waals surface area contributed by atoms with E-state index in [4.69, 9.17) is 9.47 Å². The van der Waals surface area contributed by atoms with E-state index in [9.17, 15) is 4.79 Å². The molecule has 3 rings (SSSR count). The van der Waals surface area contributed by atoms with Crippen molar-refractivity contribution in [3.05, 3.63) is 0 Å². The summed E-state index contributed by atoms with van der Waals surface area (Å²) in [5.41, 5.74) is -0.263. The van der Waals surface area contributed by atoms with E-state index in [0.29, 0.717) is 6.61 Å². The van der Waals surface area contributed by atoms with Crippen molar-refractivity contribution in [3.63, 3.8) is 0 Å². The summed E-state index contributed by atoms with van der Waals surface area (Å²) in [6, 6.07) is 0. The number of rotatable bonds is 11.